The van der Waals surface area contributed by atoms with Crippen molar-refractivity contribution >= 4 is 9.12 Å². The zero-order valence-corrected chi connectivity index (χ0v) is 6.32. The summed E-state index contributed by atoms with van der Waals surface area (Å²) in [5, 5.41) is 0. The highest BCUT2D eigenvalue weighted by Crippen LogP contribution is 1.38. The van der Waals surface area contributed by atoms with Gasteiger partial charge in [-0.3, -0.25) is 4.57 Å². The quantitative estimate of drug-likeness (QED) is 0.364. The van der Waals surface area contributed by atoms with E-state index in [1.807, 2.05) is 13.8 Å². The third kappa shape index (κ3) is 664. The molecule has 0 aromatic rings. The first-order chi connectivity index (χ1) is 3.83. The Kier molecular flexibility index (Phi) is 161. The van der Waals surface area contributed by atoms with Gasteiger partial charge in [0.15, 0.2) is 0 Å². The van der Waals surface area contributed by atoms with Crippen molar-refractivity contribution in [1.29, 1.82) is 0 Å². The van der Waals surface area contributed by atoms with Crippen molar-refractivity contribution in [2.75, 3.05) is 0 Å². The van der Waals surface area contributed by atoms with E-state index in [0.29, 0.717) is 0 Å². The fourth-order valence-electron chi connectivity index (χ4n) is 0. The summed E-state index contributed by atoms with van der Waals surface area (Å²) in [6.07, 6.45) is 3.50. The van der Waals surface area contributed by atoms with E-state index in [0.717, 1.165) is 0 Å². The Morgan fingerprint density at radius 1 is 1.12 bits per heavy atom. The SMILES string of the molecule is C=CC.C=CC.O=[P]. The van der Waals surface area contributed by atoms with E-state index in [1.165, 1.54) is 0 Å². The van der Waals surface area contributed by atoms with Gasteiger partial charge in [0.1, 0.15) is 0 Å². The Hall–Kier alpha value is -0.420. The van der Waals surface area contributed by atoms with Crippen molar-refractivity contribution in [2.45, 2.75) is 13.8 Å². The highest BCUT2D eigenvalue weighted by Gasteiger charge is 1.15. The van der Waals surface area contributed by atoms with Crippen molar-refractivity contribution in [3.05, 3.63) is 25.3 Å². The van der Waals surface area contributed by atoms with E-state index in [-0.39, 0.29) is 0 Å². The zero-order valence-electron chi connectivity index (χ0n) is 5.42. The van der Waals surface area contributed by atoms with E-state index in [9.17, 15) is 0 Å². The molecule has 1 nitrogen and oxygen atoms in total. The van der Waals surface area contributed by atoms with Gasteiger partial charge in [-0.05, 0) is 13.8 Å². The summed E-state index contributed by atoms with van der Waals surface area (Å²) in [6, 6.07) is 0. The molecule has 0 rings (SSSR count). The molecule has 0 aromatic heterocycles. The first-order valence-corrected chi connectivity index (χ1v) is 2.52. The Morgan fingerprint density at radius 3 is 1.12 bits per heavy atom. The van der Waals surface area contributed by atoms with E-state index in [1.54, 1.807) is 12.2 Å². The summed E-state index contributed by atoms with van der Waals surface area (Å²) in [5.41, 5.74) is 0. The largest absolute Gasteiger partial charge is 0.261 e. The van der Waals surface area contributed by atoms with Crippen molar-refractivity contribution < 1.29 is 4.57 Å². The van der Waals surface area contributed by atoms with Crippen LogP contribution in [0.4, 0.5) is 0 Å². The molecule has 0 atom stereocenters. The van der Waals surface area contributed by atoms with Gasteiger partial charge in [-0.15, -0.1) is 13.2 Å². The Balaban J connectivity index is -0.0000000483. The normalized spacial score (nSPS) is 3.75. The van der Waals surface area contributed by atoms with Crippen LogP contribution < -0.4 is 0 Å². The fourth-order valence-corrected chi connectivity index (χ4v) is 0. The van der Waals surface area contributed by atoms with Crippen LogP contribution in [0.25, 0.3) is 0 Å². The van der Waals surface area contributed by atoms with Gasteiger partial charge < -0.3 is 0 Å². The van der Waals surface area contributed by atoms with Crippen molar-refractivity contribution in [1.82, 2.24) is 0 Å². The lowest BCUT2D eigenvalue weighted by atomic mass is 10.8. The van der Waals surface area contributed by atoms with E-state index >= 15 is 0 Å². The second kappa shape index (κ2) is 82.1. The van der Waals surface area contributed by atoms with Crippen LogP contribution in [0.15, 0.2) is 25.3 Å². The smallest absolute Gasteiger partial charge is 0.261 e. The summed E-state index contributed by atoms with van der Waals surface area (Å²) in [5.74, 6) is 0. The number of hydrogen-bond donors (Lipinski definition) is 0. The Labute approximate surface area is 53.7 Å². The lowest BCUT2D eigenvalue weighted by molar-refractivity contribution is 0.607. The fraction of sp³-hybridized carbons (Fsp3) is 0.333. The van der Waals surface area contributed by atoms with Gasteiger partial charge in [-0.25, -0.2) is 0 Å². The summed E-state index contributed by atoms with van der Waals surface area (Å²) >= 11 is 0. The molecule has 0 N–H and O–H groups in total. The summed E-state index contributed by atoms with van der Waals surface area (Å²) in [4.78, 5) is 0. The zero-order chi connectivity index (χ0) is 7.41. The van der Waals surface area contributed by atoms with Gasteiger partial charge in [0.2, 0.25) is 0 Å². The highest BCUT2D eigenvalue weighted by molar-refractivity contribution is 7.00. The van der Waals surface area contributed by atoms with Crippen LogP contribution in [0, 0.1) is 0 Å². The van der Waals surface area contributed by atoms with Crippen molar-refractivity contribution in [3.63, 3.8) is 0 Å². The summed E-state index contributed by atoms with van der Waals surface area (Å²) in [7, 11) is 2.28. The average molecular weight is 131 g/mol. The van der Waals surface area contributed by atoms with Gasteiger partial charge in [0, 0.05) is 0 Å². The number of rotatable bonds is 0. The molecule has 8 heavy (non-hydrogen) atoms. The maximum absolute atomic E-state index is 7.94. The minimum absolute atomic E-state index is 1.75. The minimum Gasteiger partial charge on any atom is -0.261 e. The third-order valence-electron chi connectivity index (χ3n) is 0. The van der Waals surface area contributed by atoms with E-state index in [4.69, 9.17) is 4.57 Å². The number of hydrogen-bond acceptors (Lipinski definition) is 1. The highest BCUT2D eigenvalue weighted by atomic mass is 31.0. The molecule has 0 aromatic carbocycles. The van der Waals surface area contributed by atoms with Crippen LogP contribution in [0.1, 0.15) is 13.8 Å². The van der Waals surface area contributed by atoms with Gasteiger partial charge in [0.05, 0.1) is 0 Å². The molecular formula is C6H12OP. The third-order valence-corrected chi connectivity index (χ3v) is 0. The number of allylic oxidation sites excluding steroid dienone is 2. The average Bonchev–Trinajstić information content (AvgIpc) is 1.75. The molecule has 0 spiro atoms. The monoisotopic (exact) mass is 131 g/mol. The van der Waals surface area contributed by atoms with Crippen molar-refractivity contribution in [3.8, 4) is 0 Å². The molecule has 47 valence electrons. The molecule has 0 saturated heterocycles. The topological polar surface area (TPSA) is 17.1 Å². The first kappa shape index (κ1) is 15.6. The second-order valence-electron chi connectivity index (χ2n) is 0.816. The molecule has 0 aliphatic rings. The molecule has 0 amide bonds. The summed E-state index contributed by atoms with van der Waals surface area (Å²) < 4.78 is 7.94. The van der Waals surface area contributed by atoms with Crippen molar-refractivity contribution in [2.24, 2.45) is 0 Å². The van der Waals surface area contributed by atoms with Crippen LogP contribution >= 0.6 is 9.12 Å². The first-order valence-electron chi connectivity index (χ1n) is 2.15. The molecule has 0 unspecified atom stereocenters. The molecule has 0 saturated carbocycles. The lowest BCUT2D eigenvalue weighted by Gasteiger charge is -1.31. The second-order valence-corrected chi connectivity index (χ2v) is 0.816. The van der Waals surface area contributed by atoms with Gasteiger partial charge >= 0.3 is 0 Å². The predicted octanol–water partition coefficient (Wildman–Crippen LogP) is 3.13. The van der Waals surface area contributed by atoms with Crippen LogP contribution in [0.2, 0.25) is 0 Å². The Bertz CT molecular complexity index is 37.8. The van der Waals surface area contributed by atoms with Crippen LogP contribution in [-0.2, 0) is 4.57 Å². The van der Waals surface area contributed by atoms with Gasteiger partial charge in [-0.2, -0.15) is 0 Å². The maximum Gasteiger partial charge on any atom is 0.261 e. The molecular weight excluding hydrogens is 119 g/mol. The predicted molar refractivity (Wildman–Crippen MR) is 39.3 cm³/mol. The van der Waals surface area contributed by atoms with Gasteiger partial charge in [0.25, 0.3) is 9.12 Å². The Morgan fingerprint density at radius 2 is 1.12 bits per heavy atom. The van der Waals surface area contributed by atoms with E-state index in [2.05, 4.69) is 22.3 Å². The van der Waals surface area contributed by atoms with Crippen LogP contribution in [-0.4, -0.2) is 0 Å². The molecule has 0 aliphatic heterocycles. The molecule has 0 fully saturated rings. The lowest BCUT2D eigenvalue weighted by Crippen LogP contribution is -1.07. The molecule has 0 bridgehead atoms. The molecule has 1 radical (unpaired) electrons. The minimum atomic E-state index is 1.75. The summed E-state index contributed by atoms with van der Waals surface area (Å²) in [6.45, 7) is 10.5. The van der Waals surface area contributed by atoms with Crippen LogP contribution in [0.3, 0.4) is 0 Å². The standard InChI is InChI=1S/2C3H6.OP/c2*1-3-2;1-2/h2*3H,1H2,2H3;. The van der Waals surface area contributed by atoms with Gasteiger partial charge in [-0.1, -0.05) is 12.2 Å². The van der Waals surface area contributed by atoms with Crippen LogP contribution in [0.5, 0.6) is 0 Å². The maximum atomic E-state index is 7.94. The van der Waals surface area contributed by atoms with E-state index < -0.39 is 0 Å². The molecule has 0 aliphatic carbocycles. The molecule has 0 heterocycles. The molecule has 2 heteroatoms.